The number of hydrogen-bond donors (Lipinski definition) is 1. The van der Waals surface area contributed by atoms with Gasteiger partial charge < -0.3 is 19.6 Å². The molecule has 1 saturated heterocycles. The average Bonchev–Trinajstić information content (AvgIpc) is 3.37. The van der Waals surface area contributed by atoms with Gasteiger partial charge in [0.1, 0.15) is 5.69 Å². The van der Waals surface area contributed by atoms with Crippen LogP contribution in [0.1, 0.15) is 36.7 Å². The Morgan fingerprint density at radius 2 is 1.77 bits per heavy atom. The number of nitrogens with two attached hydrogens (primary N) is 1. The monoisotopic (exact) mass is 415 g/mol. The Hall–Kier alpha value is -3.59. The third kappa shape index (κ3) is 2.92. The van der Waals surface area contributed by atoms with Crippen LogP contribution >= 0.6 is 0 Å². The van der Waals surface area contributed by atoms with Crippen LogP contribution in [0, 0.1) is 0 Å². The molecule has 0 radical (unpaired) electrons. The molecule has 1 aliphatic heterocycles. The van der Waals surface area contributed by atoms with Gasteiger partial charge in [0.2, 0.25) is 5.95 Å². The minimum Gasteiger partial charge on any atom is -0.377 e. The van der Waals surface area contributed by atoms with Crippen LogP contribution in [0.25, 0.3) is 22.7 Å². The Morgan fingerprint density at radius 3 is 2.42 bits per heavy atom. The molecule has 0 atom stereocenters. The molecular formula is C22H21N7O2. The van der Waals surface area contributed by atoms with Crippen molar-refractivity contribution in [2.75, 3.05) is 18.9 Å². The van der Waals surface area contributed by atoms with Gasteiger partial charge in [-0.3, -0.25) is 0 Å². The predicted octanol–water partition coefficient (Wildman–Crippen LogP) is 3.01. The van der Waals surface area contributed by atoms with Crippen molar-refractivity contribution >= 4 is 5.95 Å². The summed E-state index contributed by atoms with van der Waals surface area (Å²) in [4.78, 5) is 17.2. The number of imidazole rings is 1. The summed E-state index contributed by atoms with van der Waals surface area (Å²) in [5.74, 6) is 1.50. The summed E-state index contributed by atoms with van der Waals surface area (Å²) in [7, 11) is 0. The van der Waals surface area contributed by atoms with Gasteiger partial charge in [-0.15, -0.1) is 0 Å². The van der Waals surface area contributed by atoms with E-state index in [-0.39, 0.29) is 17.4 Å². The quantitative estimate of drug-likeness (QED) is 0.528. The molecule has 156 valence electrons. The van der Waals surface area contributed by atoms with Crippen molar-refractivity contribution in [1.29, 1.82) is 0 Å². The maximum absolute atomic E-state index is 5.68. The number of rotatable bonds is 5. The first-order valence-electron chi connectivity index (χ1n) is 10.4. The topological polar surface area (TPSA) is 118 Å². The fourth-order valence-electron chi connectivity index (χ4n) is 4.31. The summed E-state index contributed by atoms with van der Waals surface area (Å²) in [5.41, 5.74) is 9.36. The van der Waals surface area contributed by atoms with Gasteiger partial charge in [0.15, 0.2) is 5.82 Å². The van der Waals surface area contributed by atoms with Crippen LogP contribution in [0.5, 0.6) is 0 Å². The molecule has 1 saturated carbocycles. The lowest BCUT2D eigenvalue weighted by atomic mass is 9.64. The largest absolute Gasteiger partial charge is 0.377 e. The summed E-state index contributed by atoms with van der Waals surface area (Å²) in [6.45, 7) is 1.36. The second kappa shape index (κ2) is 6.98. The third-order valence-corrected chi connectivity index (χ3v) is 6.40. The molecule has 2 N–H and O–H groups in total. The Morgan fingerprint density at radius 1 is 1.00 bits per heavy atom. The summed E-state index contributed by atoms with van der Waals surface area (Å²) in [6, 6.07) is 8.71. The number of ether oxygens (including phenoxy) is 1. The number of anilines is 1. The van der Waals surface area contributed by atoms with Crippen molar-refractivity contribution in [1.82, 2.24) is 29.7 Å². The van der Waals surface area contributed by atoms with E-state index in [1.54, 1.807) is 24.9 Å². The Bertz CT molecular complexity index is 1210. The minimum atomic E-state index is -0.220. The number of benzene rings is 1. The van der Waals surface area contributed by atoms with E-state index in [4.69, 9.17) is 20.0 Å². The highest BCUT2D eigenvalue weighted by atomic mass is 16.5. The predicted molar refractivity (Wildman–Crippen MR) is 112 cm³/mol. The van der Waals surface area contributed by atoms with E-state index in [1.807, 2.05) is 0 Å². The van der Waals surface area contributed by atoms with Gasteiger partial charge in [-0.2, -0.15) is 4.98 Å². The maximum atomic E-state index is 5.68. The van der Waals surface area contributed by atoms with Crippen LogP contribution < -0.4 is 5.73 Å². The SMILES string of the molecule is Nc1ncc(-c2ccc(C3(c4noc(-c5cncn5C5COC5)n4)CCC3)cc2)cn1. The van der Waals surface area contributed by atoms with Gasteiger partial charge in [0.25, 0.3) is 5.89 Å². The van der Waals surface area contributed by atoms with Crippen molar-refractivity contribution < 1.29 is 9.26 Å². The highest BCUT2D eigenvalue weighted by Gasteiger charge is 2.44. The zero-order valence-corrected chi connectivity index (χ0v) is 16.8. The average molecular weight is 415 g/mol. The van der Waals surface area contributed by atoms with Crippen molar-refractivity contribution in [3.63, 3.8) is 0 Å². The fourth-order valence-corrected chi connectivity index (χ4v) is 4.31. The van der Waals surface area contributed by atoms with Crippen LogP contribution in [0.15, 0.2) is 53.7 Å². The molecule has 9 nitrogen and oxygen atoms in total. The first kappa shape index (κ1) is 18.2. The Labute approximate surface area is 178 Å². The molecule has 1 aromatic carbocycles. The van der Waals surface area contributed by atoms with E-state index >= 15 is 0 Å². The van der Waals surface area contributed by atoms with Gasteiger partial charge in [-0.05, 0) is 24.0 Å². The third-order valence-electron chi connectivity index (χ3n) is 6.40. The first-order chi connectivity index (χ1) is 15.2. The molecule has 0 amide bonds. The summed E-state index contributed by atoms with van der Waals surface area (Å²) < 4.78 is 13.0. The molecule has 0 spiro atoms. The maximum Gasteiger partial charge on any atom is 0.276 e. The molecule has 0 bridgehead atoms. The summed E-state index contributed by atoms with van der Waals surface area (Å²) >= 11 is 0. The number of aromatic nitrogens is 6. The van der Waals surface area contributed by atoms with Gasteiger partial charge in [0.05, 0.1) is 37.2 Å². The first-order valence-corrected chi connectivity index (χ1v) is 10.4. The lowest BCUT2D eigenvalue weighted by Crippen LogP contribution is -2.36. The van der Waals surface area contributed by atoms with Crippen LogP contribution in [-0.4, -0.2) is 42.9 Å². The van der Waals surface area contributed by atoms with Gasteiger partial charge in [0, 0.05) is 18.0 Å². The van der Waals surface area contributed by atoms with E-state index < -0.39 is 0 Å². The van der Waals surface area contributed by atoms with Crippen LogP contribution in [0.2, 0.25) is 0 Å². The van der Waals surface area contributed by atoms with E-state index in [0.717, 1.165) is 41.9 Å². The zero-order valence-electron chi connectivity index (χ0n) is 16.8. The molecule has 4 heterocycles. The van der Waals surface area contributed by atoms with Gasteiger partial charge in [-0.1, -0.05) is 35.8 Å². The lowest BCUT2D eigenvalue weighted by Gasteiger charge is -2.39. The van der Waals surface area contributed by atoms with E-state index in [0.29, 0.717) is 19.1 Å². The second-order valence-corrected chi connectivity index (χ2v) is 8.14. The van der Waals surface area contributed by atoms with Crippen molar-refractivity contribution in [2.24, 2.45) is 0 Å². The molecular weight excluding hydrogens is 394 g/mol. The Kier molecular flexibility index (Phi) is 4.10. The molecule has 9 heteroatoms. The van der Waals surface area contributed by atoms with E-state index in [2.05, 4.69) is 48.9 Å². The summed E-state index contributed by atoms with van der Waals surface area (Å²) in [5, 5.41) is 4.38. The normalized spacial score (nSPS) is 17.8. The van der Waals surface area contributed by atoms with Crippen LogP contribution in [-0.2, 0) is 10.2 Å². The van der Waals surface area contributed by atoms with Crippen molar-refractivity contribution in [3.8, 4) is 22.7 Å². The molecule has 0 unspecified atom stereocenters. The summed E-state index contributed by atoms with van der Waals surface area (Å²) in [6.07, 6.45) is 10.2. The van der Waals surface area contributed by atoms with Crippen LogP contribution in [0.3, 0.4) is 0 Å². The minimum absolute atomic E-state index is 0.220. The van der Waals surface area contributed by atoms with E-state index in [1.165, 1.54) is 5.56 Å². The zero-order chi connectivity index (χ0) is 20.8. The molecule has 2 aliphatic rings. The molecule has 6 rings (SSSR count). The highest BCUT2D eigenvalue weighted by molar-refractivity contribution is 5.63. The Balaban J connectivity index is 1.31. The second-order valence-electron chi connectivity index (χ2n) is 8.14. The standard InChI is InChI=1S/C22H21N7O2/c23-21-25-8-15(9-26-21)14-2-4-16(5-3-14)22(6-1-7-22)20-27-19(31-28-20)18-10-24-13-29(18)17-11-30-12-17/h2-5,8-10,13,17H,1,6-7,11-12H2,(H2,23,25,26). The van der Waals surface area contributed by atoms with Crippen molar-refractivity contribution in [3.05, 3.63) is 60.6 Å². The molecule has 4 aromatic rings. The molecule has 31 heavy (non-hydrogen) atoms. The van der Waals surface area contributed by atoms with Gasteiger partial charge in [-0.25, -0.2) is 15.0 Å². The van der Waals surface area contributed by atoms with Crippen molar-refractivity contribution in [2.45, 2.75) is 30.7 Å². The lowest BCUT2D eigenvalue weighted by molar-refractivity contribution is -0.0228. The number of nitrogens with zero attached hydrogens (tertiary/aromatic N) is 6. The number of nitrogen functional groups attached to an aromatic ring is 1. The van der Waals surface area contributed by atoms with Crippen LogP contribution in [0.4, 0.5) is 5.95 Å². The number of hydrogen-bond acceptors (Lipinski definition) is 8. The molecule has 2 fully saturated rings. The van der Waals surface area contributed by atoms with E-state index in [9.17, 15) is 0 Å². The fraction of sp³-hybridized carbons (Fsp3) is 0.318. The smallest absolute Gasteiger partial charge is 0.276 e. The molecule has 3 aromatic heterocycles. The molecule has 1 aliphatic carbocycles. The highest BCUT2D eigenvalue weighted by Crippen LogP contribution is 2.48. The van der Waals surface area contributed by atoms with Gasteiger partial charge >= 0.3 is 0 Å².